The Morgan fingerprint density at radius 3 is 2.15 bits per heavy atom. The van der Waals surface area contributed by atoms with Gasteiger partial charge in [-0.15, -0.1) is 0 Å². The number of hydrogen-bond donors (Lipinski definition) is 5. The Bertz CT molecular complexity index is 190. The molecule has 1 heterocycles. The third-order valence-electron chi connectivity index (χ3n) is 1.94. The first kappa shape index (κ1) is 10.8. The van der Waals surface area contributed by atoms with E-state index < -0.39 is 37.1 Å². The maximum atomic E-state index is 13.2. The van der Waals surface area contributed by atoms with Crippen molar-refractivity contribution in [2.75, 3.05) is 6.61 Å². The van der Waals surface area contributed by atoms with Crippen LogP contribution in [-0.2, 0) is 4.74 Å². The molecule has 1 fully saturated rings. The highest BCUT2D eigenvalue weighted by Crippen LogP contribution is 2.29. The Kier molecular flexibility index (Phi) is 2.85. The van der Waals surface area contributed by atoms with E-state index in [1.165, 1.54) is 0 Å². The lowest BCUT2D eigenvalue weighted by Gasteiger charge is -2.41. The van der Waals surface area contributed by atoms with E-state index in [-0.39, 0.29) is 0 Å². The van der Waals surface area contributed by atoms with Crippen LogP contribution in [0.1, 0.15) is 0 Å². The smallest absolute Gasteiger partial charge is 0.263 e. The number of halogens is 1. The van der Waals surface area contributed by atoms with Crippen LogP contribution in [0.15, 0.2) is 0 Å². The van der Waals surface area contributed by atoms with Gasteiger partial charge in [-0.1, -0.05) is 0 Å². The fourth-order valence-electron chi connectivity index (χ4n) is 1.08. The lowest BCUT2D eigenvalue weighted by Crippen LogP contribution is -2.63. The SMILES string of the molecule is OC[C@]1(F)O[C@H](O)[C@H](O)[C@H](O)[C@@H]1O. The van der Waals surface area contributed by atoms with Crippen LogP contribution in [0.2, 0.25) is 0 Å². The number of aliphatic hydroxyl groups is 5. The molecule has 1 aliphatic rings. The Hall–Kier alpha value is -0.310. The van der Waals surface area contributed by atoms with Crippen molar-refractivity contribution in [3.63, 3.8) is 0 Å². The van der Waals surface area contributed by atoms with Crippen molar-refractivity contribution in [1.29, 1.82) is 0 Å². The molecule has 6 nitrogen and oxygen atoms in total. The second-order valence-corrected chi connectivity index (χ2v) is 2.88. The van der Waals surface area contributed by atoms with Gasteiger partial charge in [-0.3, -0.25) is 0 Å². The lowest BCUT2D eigenvalue weighted by atomic mass is 9.98. The summed E-state index contributed by atoms with van der Waals surface area (Å²) in [6.45, 7) is -1.23. The molecule has 0 spiro atoms. The van der Waals surface area contributed by atoms with E-state index in [0.717, 1.165) is 0 Å². The van der Waals surface area contributed by atoms with Gasteiger partial charge in [-0.25, -0.2) is 4.39 Å². The van der Waals surface area contributed by atoms with Crippen LogP contribution in [0, 0.1) is 0 Å². The number of aliphatic hydroxyl groups excluding tert-OH is 5. The van der Waals surface area contributed by atoms with Gasteiger partial charge in [0.15, 0.2) is 6.29 Å². The maximum Gasteiger partial charge on any atom is 0.263 e. The van der Waals surface area contributed by atoms with E-state index in [0.29, 0.717) is 0 Å². The van der Waals surface area contributed by atoms with Crippen molar-refractivity contribution in [3.8, 4) is 0 Å². The fraction of sp³-hybridized carbons (Fsp3) is 1.00. The molecule has 0 aromatic rings. The predicted molar refractivity (Wildman–Crippen MR) is 36.0 cm³/mol. The Labute approximate surface area is 72.8 Å². The molecule has 0 aliphatic carbocycles. The number of hydrogen-bond acceptors (Lipinski definition) is 6. The zero-order chi connectivity index (χ0) is 10.2. The summed E-state index contributed by atoms with van der Waals surface area (Å²) in [7, 11) is 0. The largest absolute Gasteiger partial charge is 0.390 e. The average Bonchev–Trinajstić information content (AvgIpc) is 2.12. The van der Waals surface area contributed by atoms with Crippen molar-refractivity contribution in [2.24, 2.45) is 0 Å². The second-order valence-electron chi connectivity index (χ2n) is 2.88. The van der Waals surface area contributed by atoms with Crippen molar-refractivity contribution >= 4 is 0 Å². The van der Waals surface area contributed by atoms with E-state index in [1.54, 1.807) is 0 Å². The van der Waals surface area contributed by atoms with Crippen molar-refractivity contribution in [2.45, 2.75) is 30.5 Å². The van der Waals surface area contributed by atoms with Crippen LogP contribution in [0.5, 0.6) is 0 Å². The summed E-state index contributed by atoms with van der Waals surface area (Å²) < 4.78 is 17.3. The van der Waals surface area contributed by atoms with Gasteiger partial charge < -0.3 is 30.3 Å². The number of alkyl halides is 1. The first-order valence-electron chi connectivity index (χ1n) is 3.62. The van der Waals surface area contributed by atoms with E-state index in [2.05, 4.69) is 4.74 Å². The van der Waals surface area contributed by atoms with Gasteiger partial charge in [0.05, 0.1) is 0 Å². The Morgan fingerprint density at radius 1 is 1.15 bits per heavy atom. The van der Waals surface area contributed by atoms with Crippen molar-refractivity contribution in [3.05, 3.63) is 0 Å². The number of ether oxygens (including phenoxy) is 1. The summed E-state index contributed by atoms with van der Waals surface area (Å²) in [5, 5.41) is 44.2. The first-order valence-corrected chi connectivity index (χ1v) is 3.62. The summed E-state index contributed by atoms with van der Waals surface area (Å²) in [4.78, 5) is 0. The maximum absolute atomic E-state index is 13.2. The summed E-state index contributed by atoms with van der Waals surface area (Å²) >= 11 is 0. The zero-order valence-corrected chi connectivity index (χ0v) is 6.54. The van der Waals surface area contributed by atoms with Gasteiger partial charge in [0, 0.05) is 0 Å². The Morgan fingerprint density at radius 2 is 1.69 bits per heavy atom. The molecule has 0 bridgehead atoms. The van der Waals surface area contributed by atoms with Crippen LogP contribution >= 0.6 is 0 Å². The summed E-state index contributed by atoms with van der Waals surface area (Å²) in [6, 6.07) is 0. The molecule has 7 heteroatoms. The Balaban J connectivity index is 2.82. The van der Waals surface area contributed by atoms with E-state index in [1.807, 2.05) is 0 Å². The quantitative estimate of drug-likeness (QED) is 0.308. The molecule has 5 atom stereocenters. The highest BCUT2D eigenvalue weighted by molar-refractivity contribution is 4.93. The lowest BCUT2D eigenvalue weighted by molar-refractivity contribution is -0.365. The van der Waals surface area contributed by atoms with Crippen LogP contribution < -0.4 is 0 Å². The summed E-state index contributed by atoms with van der Waals surface area (Å²) in [5.74, 6) is -2.95. The molecule has 0 aromatic carbocycles. The molecule has 0 radical (unpaired) electrons. The van der Waals surface area contributed by atoms with Crippen LogP contribution in [-0.4, -0.2) is 62.6 Å². The normalized spacial score (nSPS) is 52.2. The molecule has 0 amide bonds. The summed E-state index contributed by atoms with van der Waals surface area (Å²) in [6.07, 6.45) is -7.78. The molecule has 1 rings (SSSR count). The third kappa shape index (κ3) is 1.66. The molecular formula is C6H11FO6. The molecular weight excluding hydrogens is 187 g/mol. The monoisotopic (exact) mass is 198 g/mol. The van der Waals surface area contributed by atoms with Crippen LogP contribution in [0.4, 0.5) is 4.39 Å². The van der Waals surface area contributed by atoms with Crippen LogP contribution in [0.25, 0.3) is 0 Å². The minimum atomic E-state index is -2.95. The highest BCUT2D eigenvalue weighted by Gasteiger charge is 2.53. The van der Waals surface area contributed by atoms with Gasteiger partial charge in [-0.05, 0) is 0 Å². The fourth-order valence-corrected chi connectivity index (χ4v) is 1.08. The van der Waals surface area contributed by atoms with E-state index >= 15 is 0 Å². The molecule has 78 valence electrons. The molecule has 0 aromatic heterocycles. The van der Waals surface area contributed by atoms with Gasteiger partial charge in [0.25, 0.3) is 5.85 Å². The first-order chi connectivity index (χ1) is 5.92. The molecule has 13 heavy (non-hydrogen) atoms. The molecule has 5 N–H and O–H groups in total. The molecule has 1 aliphatic heterocycles. The number of rotatable bonds is 1. The average molecular weight is 198 g/mol. The summed E-state index contributed by atoms with van der Waals surface area (Å²) in [5.41, 5.74) is 0. The second kappa shape index (κ2) is 3.45. The van der Waals surface area contributed by atoms with Crippen LogP contribution in [0.3, 0.4) is 0 Å². The molecule has 0 unspecified atom stereocenters. The minimum absolute atomic E-state index is 1.23. The molecule has 1 saturated heterocycles. The minimum Gasteiger partial charge on any atom is -0.390 e. The van der Waals surface area contributed by atoms with Gasteiger partial charge in [0.2, 0.25) is 0 Å². The predicted octanol–water partition coefficient (Wildman–Crippen LogP) is -2.92. The highest BCUT2D eigenvalue weighted by atomic mass is 19.2. The van der Waals surface area contributed by atoms with Gasteiger partial charge in [-0.2, -0.15) is 0 Å². The van der Waals surface area contributed by atoms with E-state index in [9.17, 15) is 4.39 Å². The van der Waals surface area contributed by atoms with Crippen molar-refractivity contribution < 1.29 is 34.7 Å². The van der Waals surface area contributed by atoms with Crippen molar-refractivity contribution in [1.82, 2.24) is 0 Å². The zero-order valence-electron chi connectivity index (χ0n) is 6.54. The van der Waals surface area contributed by atoms with Gasteiger partial charge in [0.1, 0.15) is 24.9 Å². The molecule has 0 saturated carbocycles. The standard InChI is InChI=1S/C6H11FO6/c7-6(1-8)4(11)2(9)3(10)5(12)13-6/h2-5,8-12H,1H2/t2-,3+,4-,5-,6-/m0/s1. The third-order valence-corrected chi connectivity index (χ3v) is 1.94. The van der Waals surface area contributed by atoms with E-state index in [4.69, 9.17) is 25.5 Å². The topological polar surface area (TPSA) is 110 Å². The van der Waals surface area contributed by atoms with Gasteiger partial charge >= 0.3 is 0 Å².